The molecular formula is C28H23ClN4O. The number of nitrogens with one attached hydrogen (secondary N) is 1. The van der Waals surface area contributed by atoms with Crippen LogP contribution in [0.5, 0.6) is 0 Å². The van der Waals surface area contributed by atoms with Gasteiger partial charge in [0.25, 0.3) is 0 Å². The van der Waals surface area contributed by atoms with Gasteiger partial charge in [-0.1, -0.05) is 72.3 Å². The number of imidazole rings is 1. The smallest absolute Gasteiger partial charge is 0.248 e. The van der Waals surface area contributed by atoms with Gasteiger partial charge in [-0.15, -0.1) is 0 Å². The number of para-hydroxylation sites is 2. The zero-order chi connectivity index (χ0) is 23.3. The van der Waals surface area contributed by atoms with Gasteiger partial charge in [0.05, 0.1) is 23.3 Å². The van der Waals surface area contributed by atoms with Crippen LogP contribution < -0.4 is 5.32 Å². The molecule has 0 saturated heterocycles. The summed E-state index contributed by atoms with van der Waals surface area (Å²) < 4.78 is 2.04. The van der Waals surface area contributed by atoms with Gasteiger partial charge in [0.15, 0.2) is 0 Å². The highest BCUT2D eigenvalue weighted by Crippen LogP contribution is 2.28. The van der Waals surface area contributed by atoms with Crippen LogP contribution in [0.4, 0.5) is 0 Å². The molecule has 5 rings (SSSR count). The quantitative estimate of drug-likeness (QED) is 0.340. The van der Waals surface area contributed by atoms with Crippen molar-refractivity contribution >= 4 is 28.5 Å². The Kier molecular flexibility index (Phi) is 6.36. The molecule has 2 heterocycles. The van der Waals surface area contributed by atoms with E-state index in [2.05, 4.69) is 10.3 Å². The fraction of sp³-hybridized carbons (Fsp3) is 0.107. The van der Waals surface area contributed by atoms with Crippen molar-refractivity contribution in [2.24, 2.45) is 0 Å². The molecule has 0 aliphatic carbocycles. The summed E-state index contributed by atoms with van der Waals surface area (Å²) in [5.41, 5.74) is 4.47. The zero-order valence-corrected chi connectivity index (χ0v) is 19.2. The first-order chi connectivity index (χ1) is 16.7. The van der Waals surface area contributed by atoms with Crippen LogP contribution in [0, 0.1) is 0 Å². The lowest BCUT2D eigenvalue weighted by Crippen LogP contribution is -2.34. The van der Waals surface area contributed by atoms with Gasteiger partial charge in [0.1, 0.15) is 11.9 Å². The SMILES string of the molecule is O=C(NCc1ccccn1)[C@H](c1ccccc1)n1c(Cc2cccc(Cl)c2)nc2ccccc21. The molecule has 5 nitrogen and oxygen atoms in total. The third-order valence-electron chi connectivity index (χ3n) is 5.71. The Morgan fingerprint density at radius 3 is 2.50 bits per heavy atom. The van der Waals surface area contributed by atoms with Gasteiger partial charge >= 0.3 is 0 Å². The number of hydrogen-bond donors (Lipinski definition) is 1. The monoisotopic (exact) mass is 466 g/mol. The molecule has 1 amide bonds. The molecule has 0 bridgehead atoms. The lowest BCUT2D eigenvalue weighted by atomic mass is 10.0. The Hall–Kier alpha value is -3.96. The number of carbonyl (C=O) groups is 1. The minimum atomic E-state index is -0.591. The van der Waals surface area contributed by atoms with E-state index in [4.69, 9.17) is 16.6 Å². The molecule has 0 saturated carbocycles. The van der Waals surface area contributed by atoms with Crippen molar-refractivity contribution in [1.82, 2.24) is 19.9 Å². The maximum absolute atomic E-state index is 13.7. The van der Waals surface area contributed by atoms with Gasteiger partial charge in [-0.25, -0.2) is 4.98 Å². The third-order valence-corrected chi connectivity index (χ3v) is 5.95. The molecule has 0 unspecified atom stereocenters. The van der Waals surface area contributed by atoms with E-state index in [0.29, 0.717) is 18.0 Å². The summed E-state index contributed by atoms with van der Waals surface area (Å²) in [4.78, 5) is 23.0. The normalized spacial score (nSPS) is 11.9. The second kappa shape index (κ2) is 9.89. The number of halogens is 1. The summed E-state index contributed by atoms with van der Waals surface area (Å²) in [5.74, 6) is 0.678. The highest BCUT2D eigenvalue weighted by atomic mass is 35.5. The number of aromatic nitrogens is 3. The van der Waals surface area contributed by atoms with Crippen LogP contribution in [0.25, 0.3) is 11.0 Å². The minimum Gasteiger partial charge on any atom is -0.348 e. The third kappa shape index (κ3) is 4.70. The van der Waals surface area contributed by atoms with Crippen LogP contribution in [0.3, 0.4) is 0 Å². The fourth-order valence-electron chi connectivity index (χ4n) is 4.17. The van der Waals surface area contributed by atoms with Crippen LogP contribution >= 0.6 is 11.6 Å². The van der Waals surface area contributed by atoms with Crippen LogP contribution in [-0.2, 0) is 17.8 Å². The lowest BCUT2D eigenvalue weighted by Gasteiger charge is -2.22. The van der Waals surface area contributed by atoms with Crippen molar-refractivity contribution in [1.29, 1.82) is 0 Å². The van der Waals surface area contributed by atoms with E-state index in [9.17, 15) is 4.79 Å². The van der Waals surface area contributed by atoms with Gasteiger partial charge in [-0.3, -0.25) is 9.78 Å². The standard InChI is InChI=1S/C28H23ClN4O/c29-22-12-8-9-20(17-22)18-26-32-24-14-4-5-15-25(24)33(26)27(21-10-2-1-3-11-21)28(34)31-19-23-13-6-7-16-30-23/h1-17,27H,18-19H2,(H,31,34)/t27-/m0/s1. The number of carbonyl (C=O) groups excluding carboxylic acids is 1. The van der Waals surface area contributed by atoms with Crippen molar-refractivity contribution in [3.8, 4) is 0 Å². The minimum absolute atomic E-state index is 0.118. The van der Waals surface area contributed by atoms with Gasteiger partial charge in [-0.05, 0) is 47.5 Å². The van der Waals surface area contributed by atoms with Crippen molar-refractivity contribution in [2.45, 2.75) is 19.0 Å². The average Bonchev–Trinajstić information content (AvgIpc) is 3.22. The van der Waals surface area contributed by atoms with E-state index in [1.807, 2.05) is 102 Å². The number of nitrogens with zero attached hydrogens (tertiary/aromatic N) is 3. The number of pyridine rings is 1. The molecule has 1 N–H and O–H groups in total. The first kappa shape index (κ1) is 21.9. The maximum atomic E-state index is 13.7. The molecule has 5 aromatic rings. The highest BCUT2D eigenvalue weighted by Gasteiger charge is 2.27. The van der Waals surface area contributed by atoms with E-state index in [1.165, 1.54) is 0 Å². The van der Waals surface area contributed by atoms with Crippen molar-refractivity contribution in [3.63, 3.8) is 0 Å². The van der Waals surface area contributed by atoms with E-state index in [0.717, 1.165) is 33.7 Å². The maximum Gasteiger partial charge on any atom is 0.248 e. The number of rotatable bonds is 7. The van der Waals surface area contributed by atoms with E-state index >= 15 is 0 Å². The van der Waals surface area contributed by atoms with Gasteiger partial charge < -0.3 is 9.88 Å². The molecule has 168 valence electrons. The Morgan fingerprint density at radius 2 is 1.71 bits per heavy atom. The molecule has 34 heavy (non-hydrogen) atoms. The fourth-order valence-corrected chi connectivity index (χ4v) is 4.38. The largest absolute Gasteiger partial charge is 0.348 e. The van der Waals surface area contributed by atoms with E-state index in [-0.39, 0.29) is 5.91 Å². The second-order valence-electron chi connectivity index (χ2n) is 8.05. The van der Waals surface area contributed by atoms with Crippen molar-refractivity contribution in [3.05, 3.63) is 131 Å². The molecule has 3 aromatic carbocycles. The molecule has 0 aliphatic rings. The summed E-state index contributed by atoms with van der Waals surface area (Å²) in [5, 5.41) is 3.75. The second-order valence-corrected chi connectivity index (χ2v) is 8.48. The Bertz CT molecular complexity index is 1420. The van der Waals surface area contributed by atoms with E-state index in [1.54, 1.807) is 6.20 Å². The molecular weight excluding hydrogens is 444 g/mol. The number of amides is 1. The summed E-state index contributed by atoms with van der Waals surface area (Å²) >= 11 is 6.24. The summed E-state index contributed by atoms with van der Waals surface area (Å²) in [6.45, 7) is 0.346. The predicted octanol–water partition coefficient (Wildman–Crippen LogP) is 5.58. The summed E-state index contributed by atoms with van der Waals surface area (Å²) in [6.07, 6.45) is 2.27. The van der Waals surface area contributed by atoms with E-state index < -0.39 is 6.04 Å². The molecule has 0 fully saturated rings. The Morgan fingerprint density at radius 1 is 0.912 bits per heavy atom. The van der Waals surface area contributed by atoms with Gasteiger partial charge in [0, 0.05) is 17.6 Å². The lowest BCUT2D eigenvalue weighted by molar-refractivity contribution is -0.123. The van der Waals surface area contributed by atoms with Crippen LogP contribution in [0.15, 0.2) is 103 Å². The zero-order valence-electron chi connectivity index (χ0n) is 18.4. The van der Waals surface area contributed by atoms with Gasteiger partial charge in [0.2, 0.25) is 5.91 Å². The molecule has 0 aliphatic heterocycles. The Balaban J connectivity index is 1.59. The topological polar surface area (TPSA) is 59.8 Å². The van der Waals surface area contributed by atoms with Crippen LogP contribution in [0.2, 0.25) is 5.02 Å². The average molecular weight is 467 g/mol. The predicted molar refractivity (Wildman–Crippen MR) is 135 cm³/mol. The molecule has 1 atom stereocenters. The number of hydrogen-bond acceptors (Lipinski definition) is 3. The highest BCUT2D eigenvalue weighted by molar-refractivity contribution is 6.30. The Labute approximate surface area is 203 Å². The van der Waals surface area contributed by atoms with Gasteiger partial charge in [-0.2, -0.15) is 0 Å². The molecule has 0 radical (unpaired) electrons. The number of benzene rings is 3. The first-order valence-corrected chi connectivity index (χ1v) is 11.5. The first-order valence-electron chi connectivity index (χ1n) is 11.1. The molecule has 2 aromatic heterocycles. The van der Waals surface area contributed by atoms with Crippen molar-refractivity contribution in [2.75, 3.05) is 0 Å². The van der Waals surface area contributed by atoms with Crippen LogP contribution in [0.1, 0.15) is 28.7 Å². The summed E-state index contributed by atoms with van der Waals surface area (Å²) in [6, 6.07) is 30.5. The molecule has 6 heteroatoms. The van der Waals surface area contributed by atoms with Crippen molar-refractivity contribution < 1.29 is 4.79 Å². The number of fused-ring (bicyclic) bond motifs is 1. The van der Waals surface area contributed by atoms with Crippen LogP contribution in [-0.4, -0.2) is 20.4 Å². The molecule has 0 spiro atoms. The summed E-state index contributed by atoms with van der Waals surface area (Å²) in [7, 11) is 0.